The average molecular weight is 542 g/mol. The second-order valence-corrected chi connectivity index (χ2v) is 9.34. The highest BCUT2D eigenvalue weighted by Crippen LogP contribution is 2.40. The number of ketones is 1. The lowest BCUT2D eigenvalue weighted by Gasteiger charge is -2.25. The third-order valence-corrected chi connectivity index (χ3v) is 6.78. The van der Waals surface area contributed by atoms with Crippen molar-refractivity contribution in [2.24, 2.45) is 0 Å². The largest absolute Gasteiger partial charge is 0.507 e. The Morgan fingerprint density at radius 2 is 1.80 bits per heavy atom. The van der Waals surface area contributed by atoms with Gasteiger partial charge in [-0.05, 0) is 47.9 Å². The first-order valence-corrected chi connectivity index (χ1v) is 12.8. The second-order valence-electron chi connectivity index (χ2n) is 9.34. The molecule has 9 heteroatoms. The minimum absolute atomic E-state index is 0.000792. The highest BCUT2D eigenvalue weighted by Gasteiger charge is 2.45. The number of aliphatic hydroxyl groups excluding tert-OH is 1. The molecule has 1 N–H and O–H groups in total. The van der Waals surface area contributed by atoms with E-state index in [1.54, 1.807) is 36.8 Å². The van der Waals surface area contributed by atoms with E-state index < -0.39 is 29.3 Å². The molecule has 3 aromatic carbocycles. The number of hydrogen-bond acceptors (Lipinski definition) is 6. The van der Waals surface area contributed by atoms with Crippen molar-refractivity contribution in [3.05, 3.63) is 120 Å². The fraction of sp³-hybridized carbons (Fsp3) is 0.194. The number of carbonyl (C=O) groups excluding carboxylic acids is 2. The van der Waals surface area contributed by atoms with Gasteiger partial charge < -0.3 is 24.0 Å². The summed E-state index contributed by atoms with van der Waals surface area (Å²) < 4.78 is 27.2. The summed E-state index contributed by atoms with van der Waals surface area (Å²) in [7, 11) is 1.33. The van der Waals surface area contributed by atoms with Gasteiger partial charge in [0.1, 0.15) is 18.1 Å². The van der Waals surface area contributed by atoms with Crippen molar-refractivity contribution < 1.29 is 28.6 Å². The van der Waals surface area contributed by atoms with Crippen molar-refractivity contribution in [1.29, 1.82) is 0 Å². The third kappa shape index (κ3) is 5.58. The number of aryl methyl sites for hydroxylation is 1. The first kappa shape index (κ1) is 26.7. The molecule has 0 bridgehead atoms. The number of likely N-dealkylation sites (tertiary alicyclic amines) is 1. The zero-order chi connectivity index (χ0) is 28.1. The molecule has 1 atom stereocenters. The first-order chi connectivity index (χ1) is 19.5. The van der Waals surface area contributed by atoms with E-state index in [0.29, 0.717) is 30.9 Å². The van der Waals surface area contributed by atoms with Crippen LogP contribution < -0.4 is 9.47 Å². The standard InChI is InChI=1S/C31H28FN3O5/c1-39-26-13-10-23(18-25(26)32)29(36)27-28(35(31(38)30(27)37)16-5-15-34-17-14-33-20-34)22-8-11-24(12-9-22)40-19-21-6-3-2-4-7-21/h2-4,6-14,17-18,20,28,36H,5,15-16,19H2,1H3/b29-27-. The smallest absolute Gasteiger partial charge is 0.295 e. The Labute approximate surface area is 230 Å². The van der Waals surface area contributed by atoms with Crippen molar-refractivity contribution in [2.75, 3.05) is 13.7 Å². The fourth-order valence-corrected chi connectivity index (χ4v) is 4.76. The van der Waals surface area contributed by atoms with Crippen molar-refractivity contribution in [3.8, 4) is 11.5 Å². The molecule has 5 rings (SSSR count). The summed E-state index contributed by atoms with van der Waals surface area (Å²) in [5.74, 6) is -2.09. The van der Waals surface area contributed by atoms with Gasteiger partial charge in [0.25, 0.3) is 11.7 Å². The summed E-state index contributed by atoms with van der Waals surface area (Å²) in [4.78, 5) is 32.0. The molecule has 204 valence electrons. The summed E-state index contributed by atoms with van der Waals surface area (Å²) >= 11 is 0. The van der Waals surface area contributed by atoms with Gasteiger partial charge in [-0.25, -0.2) is 9.37 Å². The lowest BCUT2D eigenvalue weighted by Crippen LogP contribution is -2.31. The number of nitrogens with zero attached hydrogens (tertiary/aromatic N) is 3. The Bertz CT molecular complexity index is 1520. The van der Waals surface area contributed by atoms with Gasteiger partial charge in [0.05, 0.1) is 25.1 Å². The van der Waals surface area contributed by atoms with Gasteiger partial charge in [-0.15, -0.1) is 0 Å². The van der Waals surface area contributed by atoms with Crippen LogP contribution in [0.5, 0.6) is 11.5 Å². The topological polar surface area (TPSA) is 93.9 Å². The molecule has 1 aromatic heterocycles. The fourth-order valence-electron chi connectivity index (χ4n) is 4.76. The monoisotopic (exact) mass is 541 g/mol. The van der Waals surface area contributed by atoms with Crippen LogP contribution in [0.15, 0.2) is 97.1 Å². The molecule has 0 aliphatic carbocycles. The van der Waals surface area contributed by atoms with Crippen molar-refractivity contribution >= 4 is 17.4 Å². The summed E-state index contributed by atoms with van der Waals surface area (Å²) in [5, 5.41) is 11.2. The van der Waals surface area contributed by atoms with Gasteiger partial charge in [-0.2, -0.15) is 0 Å². The van der Waals surface area contributed by atoms with Gasteiger partial charge >= 0.3 is 0 Å². The molecule has 4 aromatic rings. The molecule has 0 radical (unpaired) electrons. The van der Waals surface area contributed by atoms with E-state index in [2.05, 4.69) is 4.98 Å². The zero-order valence-corrected chi connectivity index (χ0v) is 21.9. The Kier molecular flexibility index (Phi) is 7.91. The number of aliphatic hydroxyl groups is 1. The van der Waals surface area contributed by atoms with Crippen molar-refractivity contribution in [2.45, 2.75) is 25.6 Å². The van der Waals surface area contributed by atoms with Crippen LogP contribution >= 0.6 is 0 Å². The minimum atomic E-state index is -0.865. The Morgan fingerprint density at radius 1 is 1.02 bits per heavy atom. The molecule has 1 aliphatic heterocycles. The predicted octanol–water partition coefficient (Wildman–Crippen LogP) is 5.12. The highest BCUT2D eigenvalue weighted by molar-refractivity contribution is 6.46. The number of ether oxygens (including phenoxy) is 2. The Hall–Kier alpha value is -4.92. The van der Waals surface area contributed by atoms with Gasteiger partial charge in [0, 0.05) is 31.0 Å². The maximum atomic E-state index is 14.5. The molecule has 0 spiro atoms. The number of hydrogen-bond donors (Lipinski definition) is 1. The van der Waals surface area contributed by atoms with E-state index in [1.807, 2.05) is 41.1 Å². The minimum Gasteiger partial charge on any atom is -0.507 e. The van der Waals surface area contributed by atoms with E-state index in [-0.39, 0.29) is 23.4 Å². The van der Waals surface area contributed by atoms with Crippen LogP contribution in [0.3, 0.4) is 0 Å². The van der Waals surface area contributed by atoms with E-state index in [4.69, 9.17) is 9.47 Å². The van der Waals surface area contributed by atoms with Crippen LogP contribution in [0.1, 0.15) is 29.2 Å². The second kappa shape index (κ2) is 11.9. The number of methoxy groups -OCH3 is 1. The van der Waals surface area contributed by atoms with E-state index in [9.17, 15) is 19.1 Å². The molecule has 0 saturated carbocycles. The number of aromatic nitrogens is 2. The van der Waals surface area contributed by atoms with E-state index in [0.717, 1.165) is 11.6 Å². The van der Waals surface area contributed by atoms with Gasteiger partial charge in [0.15, 0.2) is 11.6 Å². The van der Waals surface area contributed by atoms with Crippen LogP contribution in [-0.4, -0.2) is 44.9 Å². The average Bonchev–Trinajstić information content (AvgIpc) is 3.59. The molecule has 2 heterocycles. The molecule has 1 amide bonds. The molecule has 1 saturated heterocycles. The van der Waals surface area contributed by atoms with Crippen LogP contribution in [0.4, 0.5) is 4.39 Å². The van der Waals surface area contributed by atoms with Gasteiger partial charge in [-0.3, -0.25) is 9.59 Å². The van der Waals surface area contributed by atoms with Crippen LogP contribution in [-0.2, 0) is 22.7 Å². The maximum Gasteiger partial charge on any atom is 0.295 e. The third-order valence-electron chi connectivity index (χ3n) is 6.78. The SMILES string of the molecule is COc1ccc(/C(O)=C2/C(=O)C(=O)N(CCCn3ccnc3)C2c2ccc(OCc3ccccc3)cc2)cc1F. The molecule has 1 fully saturated rings. The normalized spacial score (nSPS) is 16.4. The van der Waals surface area contributed by atoms with Crippen LogP contribution in [0, 0.1) is 5.82 Å². The van der Waals surface area contributed by atoms with Gasteiger partial charge in [-0.1, -0.05) is 42.5 Å². The van der Waals surface area contributed by atoms with Crippen LogP contribution in [0.25, 0.3) is 5.76 Å². The summed E-state index contributed by atoms with van der Waals surface area (Å²) in [6, 6.07) is 19.8. The van der Waals surface area contributed by atoms with Gasteiger partial charge in [0.2, 0.25) is 0 Å². The Morgan fingerprint density at radius 3 is 2.48 bits per heavy atom. The number of rotatable bonds is 10. The lowest BCUT2D eigenvalue weighted by atomic mass is 9.95. The van der Waals surface area contributed by atoms with Crippen LogP contribution in [0.2, 0.25) is 0 Å². The maximum absolute atomic E-state index is 14.5. The summed E-state index contributed by atoms with van der Waals surface area (Å²) in [6.07, 6.45) is 5.72. The Balaban J connectivity index is 1.46. The molecule has 1 aliphatic rings. The summed E-state index contributed by atoms with van der Waals surface area (Å²) in [6.45, 7) is 1.23. The number of benzene rings is 3. The number of halogens is 1. The zero-order valence-electron chi connectivity index (χ0n) is 21.9. The van der Waals surface area contributed by atoms with E-state index in [1.165, 1.54) is 24.1 Å². The summed E-state index contributed by atoms with van der Waals surface area (Å²) in [5.41, 5.74) is 1.60. The molecule has 8 nitrogen and oxygen atoms in total. The highest BCUT2D eigenvalue weighted by atomic mass is 19.1. The quantitative estimate of drug-likeness (QED) is 0.170. The molecule has 40 heavy (non-hydrogen) atoms. The predicted molar refractivity (Wildman–Crippen MR) is 146 cm³/mol. The number of Topliss-reactive ketones (excluding diaryl/α,β-unsaturated/α-hetero) is 1. The molecule has 1 unspecified atom stereocenters. The molecular weight excluding hydrogens is 513 g/mol. The number of imidazole rings is 1. The lowest BCUT2D eigenvalue weighted by molar-refractivity contribution is -0.139. The number of carbonyl (C=O) groups is 2. The first-order valence-electron chi connectivity index (χ1n) is 12.8. The molecular formula is C31H28FN3O5. The van der Waals surface area contributed by atoms with E-state index >= 15 is 0 Å². The van der Waals surface area contributed by atoms with Crippen molar-refractivity contribution in [1.82, 2.24) is 14.5 Å². The van der Waals surface area contributed by atoms with Crippen molar-refractivity contribution in [3.63, 3.8) is 0 Å². The number of amides is 1.